The normalized spacial score (nSPS) is 25.0. The maximum atomic E-state index is 6.57. The molecule has 10 rings (SSSR count). The molecule has 2 unspecified atom stereocenters. The molecule has 4 heteroatoms. The van der Waals surface area contributed by atoms with E-state index in [1.165, 1.54) is 71.3 Å². The van der Waals surface area contributed by atoms with E-state index in [0.29, 0.717) is 5.92 Å². The van der Waals surface area contributed by atoms with Crippen LogP contribution in [0.15, 0.2) is 109 Å². The smallest absolute Gasteiger partial charge is 0.399 e. The molecule has 1 saturated heterocycles. The second kappa shape index (κ2) is 9.44. The first kappa shape index (κ1) is 29.5. The van der Waals surface area contributed by atoms with E-state index in [1.807, 2.05) is 0 Å². The van der Waals surface area contributed by atoms with E-state index in [4.69, 9.17) is 9.31 Å². The minimum absolute atomic E-state index is 0.0322. The van der Waals surface area contributed by atoms with Gasteiger partial charge in [-0.25, -0.2) is 0 Å². The summed E-state index contributed by atoms with van der Waals surface area (Å²) in [7, 11) is -0.422. The number of benzene rings is 4. The van der Waals surface area contributed by atoms with Crippen molar-refractivity contribution in [2.45, 2.75) is 71.5 Å². The molecular formula is C45H42BNO2. The molecule has 0 bridgehead atoms. The zero-order valence-corrected chi connectivity index (χ0v) is 29.5. The summed E-state index contributed by atoms with van der Waals surface area (Å²) < 4.78 is 15.7. The monoisotopic (exact) mass is 639 g/mol. The van der Waals surface area contributed by atoms with Crippen LogP contribution in [0, 0.1) is 11.3 Å². The zero-order chi connectivity index (χ0) is 33.7. The first-order valence-corrected chi connectivity index (χ1v) is 17.9. The van der Waals surface area contributed by atoms with Gasteiger partial charge in [-0.05, 0) is 120 Å². The summed E-state index contributed by atoms with van der Waals surface area (Å²) in [5.41, 5.74) is 12.1. The highest BCUT2D eigenvalue weighted by Gasteiger charge is 2.52. The Morgan fingerprint density at radius 2 is 1.39 bits per heavy atom. The summed E-state index contributed by atoms with van der Waals surface area (Å²) in [5, 5.41) is 5.24. The maximum Gasteiger partial charge on any atom is 0.494 e. The van der Waals surface area contributed by atoms with Crippen molar-refractivity contribution in [2.24, 2.45) is 11.3 Å². The van der Waals surface area contributed by atoms with Gasteiger partial charge in [-0.3, -0.25) is 0 Å². The van der Waals surface area contributed by atoms with Crippen LogP contribution in [-0.2, 0) is 14.7 Å². The van der Waals surface area contributed by atoms with Crippen molar-refractivity contribution in [3.63, 3.8) is 0 Å². The summed E-state index contributed by atoms with van der Waals surface area (Å²) in [6, 6.07) is 29.7. The predicted octanol–water partition coefficient (Wildman–Crippen LogP) is 8.41. The molecule has 0 radical (unpaired) electrons. The number of rotatable bonds is 2. The number of hydrogen-bond acceptors (Lipinski definition) is 2. The predicted molar refractivity (Wildman–Crippen MR) is 204 cm³/mol. The zero-order valence-electron chi connectivity index (χ0n) is 29.5. The quantitative estimate of drug-likeness (QED) is 0.181. The molecule has 1 aromatic heterocycles. The van der Waals surface area contributed by atoms with Gasteiger partial charge in [0.2, 0.25) is 0 Å². The van der Waals surface area contributed by atoms with Crippen LogP contribution in [0.3, 0.4) is 0 Å². The highest BCUT2D eigenvalue weighted by Crippen LogP contribution is 2.56. The van der Waals surface area contributed by atoms with Gasteiger partial charge >= 0.3 is 7.12 Å². The SMILES string of the molecule is CC1C=CC2=c3ccccc3=C3C=C(n4c5ccc(B6OC(C)(C)C(C)(C)O6)cc5c5cc6c(cc54)C(C)(C)c4ccccc4-6)C=CCC231. The second-order valence-electron chi connectivity index (χ2n) is 16.5. The Balaban J connectivity index is 1.26. The van der Waals surface area contributed by atoms with Crippen molar-refractivity contribution in [1.82, 2.24) is 4.57 Å². The van der Waals surface area contributed by atoms with E-state index in [2.05, 4.69) is 162 Å². The third kappa shape index (κ3) is 3.66. The third-order valence-corrected chi connectivity index (χ3v) is 13.1. The molecular weight excluding hydrogens is 597 g/mol. The molecule has 0 N–H and O–H groups in total. The van der Waals surface area contributed by atoms with Gasteiger partial charge in [0.1, 0.15) is 0 Å². The lowest BCUT2D eigenvalue weighted by Gasteiger charge is -2.33. The lowest BCUT2D eigenvalue weighted by atomic mass is 9.69. The van der Waals surface area contributed by atoms with Gasteiger partial charge in [0.25, 0.3) is 0 Å². The van der Waals surface area contributed by atoms with Crippen molar-refractivity contribution >= 4 is 51.2 Å². The van der Waals surface area contributed by atoms with Crippen LogP contribution >= 0.6 is 0 Å². The molecule has 1 spiro atoms. The molecule has 4 aliphatic carbocycles. The van der Waals surface area contributed by atoms with Crippen molar-refractivity contribution in [3.05, 3.63) is 131 Å². The van der Waals surface area contributed by atoms with Crippen LogP contribution in [0.2, 0.25) is 0 Å². The molecule has 3 nitrogen and oxygen atoms in total. The molecule has 1 fully saturated rings. The van der Waals surface area contributed by atoms with Crippen molar-refractivity contribution < 1.29 is 9.31 Å². The van der Waals surface area contributed by atoms with Crippen molar-refractivity contribution in [1.29, 1.82) is 0 Å². The summed E-state index contributed by atoms with van der Waals surface area (Å²) in [4.78, 5) is 0. The van der Waals surface area contributed by atoms with Crippen LogP contribution in [0.25, 0.3) is 49.8 Å². The van der Waals surface area contributed by atoms with E-state index in [1.54, 1.807) is 0 Å². The highest BCUT2D eigenvalue weighted by atomic mass is 16.7. The molecule has 49 heavy (non-hydrogen) atoms. The third-order valence-electron chi connectivity index (χ3n) is 13.1. The fraction of sp³-hybridized carbons (Fsp3) is 0.289. The average molecular weight is 640 g/mol. The molecule has 1 aliphatic heterocycles. The topological polar surface area (TPSA) is 23.4 Å². The fourth-order valence-corrected chi connectivity index (χ4v) is 9.66. The molecule has 2 heterocycles. The Morgan fingerprint density at radius 1 is 0.694 bits per heavy atom. The molecule has 0 amide bonds. The molecule has 2 atom stereocenters. The van der Waals surface area contributed by atoms with Gasteiger partial charge in [0.05, 0.1) is 22.2 Å². The van der Waals surface area contributed by atoms with E-state index >= 15 is 0 Å². The van der Waals surface area contributed by atoms with Crippen LogP contribution in [-0.4, -0.2) is 22.9 Å². The van der Waals surface area contributed by atoms with Gasteiger partial charge in [0, 0.05) is 27.3 Å². The summed E-state index contributed by atoms with van der Waals surface area (Å²) >= 11 is 0. The maximum absolute atomic E-state index is 6.57. The first-order chi connectivity index (χ1) is 23.4. The van der Waals surface area contributed by atoms with Gasteiger partial charge in [-0.2, -0.15) is 0 Å². The summed E-state index contributed by atoms with van der Waals surface area (Å²) in [6.45, 7) is 15.6. The van der Waals surface area contributed by atoms with Crippen LogP contribution < -0.4 is 15.9 Å². The Kier molecular flexibility index (Phi) is 5.69. The van der Waals surface area contributed by atoms with Gasteiger partial charge in [-0.15, -0.1) is 0 Å². The van der Waals surface area contributed by atoms with Crippen LogP contribution in [0.5, 0.6) is 0 Å². The second-order valence-corrected chi connectivity index (χ2v) is 16.5. The van der Waals surface area contributed by atoms with E-state index in [-0.39, 0.29) is 10.8 Å². The summed E-state index contributed by atoms with van der Waals surface area (Å²) in [6.07, 6.45) is 13.1. The molecule has 5 aromatic rings. The lowest BCUT2D eigenvalue weighted by Crippen LogP contribution is -2.41. The highest BCUT2D eigenvalue weighted by molar-refractivity contribution is 6.62. The average Bonchev–Trinajstić information content (AvgIpc) is 3.74. The largest absolute Gasteiger partial charge is 0.494 e. The number of aromatic nitrogens is 1. The van der Waals surface area contributed by atoms with Crippen LogP contribution in [0.4, 0.5) is 0 Å². The van der Waals surface area contributed by atoms with E-state index in [0.717, 1.165) is 11.9 Å². The molecule has 242 valence electrons. The number of allylic oxidation sites excluding steroid dienone is 6. The Bertz CT molecular complexity index is 2520. The first-order valence-electron chi connectivity index (χ1n) is 17.9. The fourth-order valence-electron chi connectivity index (χ4n) is 9.66. The van der Waals surface area contributed by atoms with Crippen molar-refractivity contribution in [3.8, 4) is 11.1 Å². The van der Waals surface area contributed by atoms with E-state index in [9.17, 15) is 0 Å². The molecule has 5 aliphatic rings. The number of hydrogen-bond donors (Lipinski definition) is 0. The molecule has 4 aromatic carbocycles. The Labute approximate surface area is 289 Å². The summed E-state index contributed by atoms with van der Waals surface area (Å²) in [5.74, 6) is 0.424. The Hall–Kier alpha value is -4.38. The molecule has 0 saturated carbocycles. The van der Waals surface area contributed by atoms with Gasteiger partial charge in [0.15, 0.2) is 0 Å². The van der Waals surface area contributed by atoms with Gasteiger partial charge in [-0.1, -0.05) is 99.7 Å². The number of nitrogens with zero attached hydrogens (tertiary/aromatic N) is 1. The van der Waals surface area contributed by atoms with Crippen molar-refractivity contribution in [2.75, 3.05) is 0 Å². The minimum Gasteiger partial charge on any atom is -0.399 e. The Morgan fingerprint density at radius 3 is 2.16 bits per heavy atom. The van der Waals surface area contributed by atoms with Crippen LogP contribution in [0.1, 0.15) is 66.0 Å². The number of fused-ring (bicyclic) bond motifs is 7. The standard InChI is InChI=1S/C45H42BNO2/c1-27-18-20-37-30-14-8-9-15-31(30)39-24-29(13-12-22-45(27,37)39)47-40-21-19-28(46-48-43(4,5)44(6,7)49-46)23-34(40)35-25-33-32-16-10-11-17-36(32)42(2,3)38(33)26-41(35)47/h8-21,23-27H,22H2,1-7H3. The van der Waals surface area contributed by atoms with E-state index < -0.39 is 18.3 Å². The minimum atomic E-state index is -0.422. The lowest BCUT2D eigenvalue weighted by molar-refractivity contribution is 0.00578. The van der Waals surface area contributed by atoms with Gasteiger partial charge < -0.3 is 13.9 Å².